The van der Waals surface area contributed by atoms with Crippen molar-refractivity contribution in [1.82, 2.24) is 4.90 Å². The van der Waals surface area contributed by atoms with E-state index in [1.807, 2.05) is 30.3 Å². The fraction of sp³-hybridized carbons (Fsp3) is 0.188. The van der Waals surface area contributed by atoms with Crippen molar-refractivity contribution in [3.8, 4) is 11.5 Å². The molecule has 1 amide bonds. The number of amides is 1. The Morgan fingerprint density at radius 1 is 1.00 bits per heavy atom. The molecule has 0 aliphatic rings. The van der Waals surface area contributed by atoms with E-state index in [-0.39, 0.29) is 17.1 Å². The highest BCUT2D eigenvalue weighted by Crippen LogP contribution is 2.28. The Morgan fingerprint density at radius 2 is 1.62 bits per heavy atom. The van der Waals surface area contributed by atoms with Crippen LogP contribution in [0.4, 0.5) is 0 Å². The number of nitrogens with zero attached hydrogens (tertiary/aromatic N) is 1. The van der Waals surface area contributed by atoms with Gasteiger partial charge in [0.2, 0.25) is 0 Å². The highest BCUT2D eigenvalue weighted by atomic mass is 79.9. The zero-order valence-corrected chi connectivity index (χ0v) is 13.0. The molecular weight excluding hydrogens is 334 g/mol. The number of aromatic hydroxyl groups is 2. The first-order valence-electron chi connectivity index (χ1n) is 6.53. The highest BCUT2D eigenvalue weighted by molar-refractivity contribution is 9.09. The van der Waals surface area contributed by atoms with E-state index in [1.54, 1.807) is 4.90 Å². The summed E-state index contributed by atoms with van der Waals surface area (Å²) in [5.41, 5.74) is 0.927. The molecule has 0 spiro atoms. The normalized spacial score (nSPS) is 10.3. The van der Waals surface area contributed by atoms with Crippen molar-refractivity contribution in [3.63, 3.8) is 0 Å². The quantitative estimate of drug-likeness (QED) is 0.815. The summed E-state index contributed by atoms with van der Waals surface area (Å²) in [6.45, 7) is 0.889. The van der Waals surface area contributed by atoms with Crippen molar-refractivity contribution in [2.75, 3.05) is 11.9 Å². The van der Waals surface area contributed by atoms with Crippen LogP contribution < -0.4 is 0 Å². The Labute approximate surface area is 131 Å². The van der Waals surface area contributed by atoms with Crippen molar-refractivity contribution in [2.24, 2.45) is 0 Å². The van der Waals surface area contributed by atoms with Gasteiger partial charge >= 0.3 is 0 Å². The number of rotatable bonds is 5. The topological polar surface area (TPSA) is 60.8 Å². The lowest BCUT2D eigenvalue weighted by molar-refractivity contribution is 0.0748. The molecule has 0 heterocycles. The molecule has 0 bridgehead atoms. The van der Waals surface area contributed by atoms with E-state index in [0.717, 1.165) is 5.56 Å². The molecule has 0 saturated heterocycles. The van der Waals surface area contributed by atoms with Crippen molar-refractivity contribution < 1.29 is 15.0 Å². The summed E-state index contributed by atoms with van der Waals surface area (Å²) in [4.78, 5) is 14.1. The minimum Gasteiger partial charge on any atom is -0.507 e. The predicted octanol–water partition coefficient (Wildman–Crippen LogP) is 3.14. The molecule has 0 radical (unpaired) electrons. The van der Waals surface area contributed by atoms with Crippen LogP contribution in [0, 0.1) is 0 Å². The fourth-order valence-corrected chi connectivity index (χ4v) is 2.49. The molecule has 21 heavy (non-hydrogen) atoms. The molecule has 4 nitrogen and oxygen atoms in total. The van der Waals surface area contributed by atoms with Gasteiger partial charge in [-0.3, -0.25) is 4.79 Å². The average molecular weight is 350 g/mol. The van der Waals surface area contributed by atoms with E-state index in [9.17, 15) is 15.0 Å². The van der Waals surface area contributed by atoms with Crippen LogP contribution in [0.2, 0.25) is 0 Å². The van der Waals surface area contributed by atoms with Gasteiger partial charge in [-0.05, 0) is 17.7 Å². The molecule has 0 aliphatic heterocycles. The van der Waals surface area contributed by atoms with Crippen LogP contribution >= 0.6 is 15.9 Å². The minimum absolute atomic E-state index is 0.0608. The molecule has 0 fully saturated rings. The zero-order valence-electron chi connectivity index (χ0n) is 11.4. The van der Waals surface area contributed by atoms with Gasteiger partial charge in [-0.2, -0.15) is 0 Å². The molecule has 0 aliphatic carbocycles. The van der Waals surface area contributed by atoms with Gasteiger partial charge in [0.05, 0.1) is 0 Å². The van der Waals surface area contributed by atoms with E-state index < -0.39 is 5.91 Å². The molecule has 2 aromatic rings. The van der Waals surface area contributed by atoms with Crippen molar-refractivity contribution in [3.05, 3.63) is 59.7 Å². The summed E-state index contributed by atoms with van der Waals surface area (Å²) < 4.78 is 0. The molecule has 110 valence electrons. The van der Waals surface area contributed by atoms with Crippen LogP contribution in [-0.4, -0.2) is 32.9 Å². The first-order valence-corrected chi connectivity index (χ1v) is 7.65. The number of hydrogen-bond donors (Lipinski definition) is 2. The Kier molecular flexibility index (Phi) is 5.22. The molecule has 2 aromatic carbocycles. The van der Waals surface area contributed by atoms with Gasteiger partial charge in [0.15, 0.2) is 0 Å². The molecule has 5 heteroatoms. The number of phenols is 2. The number of carbonyl (C=O) groups excluding carboxylic acids is 1. The average Bonchev–Trinajstić information content (AvgIpc) is 2.47. The van der Waals surface area contributed by atoms with E-state index in [2.05, 4.69) is 15.9 Å². The van der Waals surface area contributed by atoms with Crippen LogP contribution in [-0.2, 0) is 6.54 Å². The Balaban J connectivity index is 2.27. The van der Waals surface area contributed by atoms with Gasteiger partial charge in [0, 0.05) is 18.4 Å². The van der Waals surface area contributed by atoms with Crippen LogP contribution in [0.15, 0.2) is 48.5 Å². The lowest BCUT2D eigenvalue weighted by atomic mass is 10.1. The number of phenolic OH excluding ortho intramolecular Hbond substituents is 2. The third kappa shape index (κ3) is 3.76. The summed E-state index contributed by atoms with van der Waals surface area (Å²) in [5.74, 6) is -0.825. The Bertz CT molecular complexity index is 596. The SMILES string of the molecule is O=C(c1c(O)cccc1O)N(CCBr)Cc1ccccc1. The number of hydrogen-bond acceptors (Lipinski definition) is 3. The highest BCUT2D eigenvalue weighted by Gasteiger charge is 2.22. The third-order valence-corrected chi connectivity index (χ3v) is 3.45. The monoisotopic (exact) mass is 349 g/mol. The lowest BCUT2D eigenvalue weighted by Gasteiger charge is -2.22. The summed E-state index contributed by atoms with van der Waals surface area (Å²) in [5, 5.41) is 20.3. The molecule has 2 rings (SSSR count). The van der Waals surface area contributed by atoms with E-state index >= 15 is 0 Å². The first-order chi connectivity index (χ1) is 10.1. The second-order valence-electron chi connectivity index (χ2n) is 4.57. The summed E-state index contributed by atoms with van der Waals surface area (Å²) >= 11 is 3.32. The van der Waals surface area contributed by atoms with E-state index in [1.165, 1.54) is 18.2 Å². The molecule has 0 atom stereocenters. The summed E-state index contributed by atoms with van der Waals surface area (Å²) in [6, 6.07) is 13.9. The van der Waals surface area contributed by atoms with Gasteiger partial charge in [-0.1, -0.05) is 52.3 Å². The van der Waals surface area contributed by atoms with Gasteiger partial charge in [-0.25, -0.2) is 0 Å². The first kappa shape index (κ1) is 15.4. The van der Waals surface area contributed by atoms with Crippen LogP contribution in [0.5, 0.6) is 11.5 Å². The van der Waals surface area contributed by atoms with Crippen LogP contribution in [0.3, 0.4) is 0 Å². The standard InChI is InChI=1S/C16H16BrNO3/c17-9-10-18(11-12-5-2-1-3-6-12)16(21)15-13(19)7-4-8-14(15)20/h1-8,19-20H,9-11H2. The van der Waals surface area contributed by atoms with Gasteiger partial charge in [-0.15, -0.1) is 0 Å². The molecule has 0 saturated carbocycles. The molecule has 0 aromatic heterocycles. The summed E-state index contributed by atoms with van der Waals surface area (Å²) in [6.07, 6.45) is 0. The maximum Gasteiger partial charge on any atom is 0.261 e. The second-order valence-corrected chi connectivity index (χ2v) is 5.37. The fourth-order valence-electron chi connectivity index (χ4n) is 2.06. The lowest BCUT2D eigenvalue weighted by Crippen LogP contribution is -2.32. The molecule has 2 N–H and O–H groups in total. The van der Waals surface area contributed by atoms with Crippen LogP contribution in [0.25, 0.3) is 0 Å². The third-order valence-electron chi connectivity index (χ3n) is 3.09. The van der Waals surface area contributed by atoms with E-state index in [0.29, 0.717) is 18.4 Å². The van der Waals surface area contributed by atoms with Crippen molar-refractivity contribution in [1.29, 1.82) is 0 Å². The Morgan fingerprint density at radius 3 is 2.19 bits per heavy atom. The van der Waals surface area contributed by atoms with Crippen LogP contribution in [0.1, 0.15) is 15.9 Å². The predicted molar refractivity (Wildman–Crippen MR) is 84.7 cm³/mol. The molecular formula is C16H16BrNO3. The Hall–Kier alpha value is -2.01. The molecule has 0 unspecified atom stereocenters. The van der Waals surface area contributed by atoms with Gasteiger partial charge in [0.25, 0.3) is 5.91 Å². The number of halogens is 1. The summed E-state index contributed by atoms with van der Waals surface area (Å²) in [7, 11) is 0. The maximum absolute atomic E-state index is 12.6. The van der Waals surface area contributed by atoms with Crippen molar-refractivity contribution in [2.45, 2.75) is 6.54 Å². The number of carbonyl (C=O) groups is 1. The number of alkyl halides is 1. The minimum atomic E-state index is -0.395. The smallest absolute Gasteiger partial charge is 0.261 e. The van der Waals surface area contributed by atoms with Crippen molar-refractivity contribution >= 4 is 21.8 Å². The second kappa shape index (κ2) is 7.13. The van der Waals surface area contributed by atoms with Gasteiger partial charge < -0.3 is 15.1 Å². The van der Waals surface area contributed by atoms with E-state index in [4.69, 9.17) is 0 Å². The van der Waals surface area contributed by atoms with Gasteiger partial charge in [0.1, 0.15) is 17.1 Å². The zero-order chi connectivity index (χ0) is 15.2. The maximum atomic E-state index is 12.6. The number of benzene rings is 2. The largest absolute Gasteiger partial charge is 0.507 e.